The lowest BCUT2D eigenvalue weighted by molar-refractivity contribution is 0.111. The summed E-state index contributed by atoms with van der Waals surface area (Å²) in [4.78, 5) is 16.3. The Morgan fingerprint density at radius 1 is 1.54 bits per heavy atom. The molecule has 0 saturated heterocycles. The predicted molar refractivity (Wildman–Crippen MR) is 111 cm³/mol. The average molecular weight is 398 g/mol. The Morgan fingerprint density at radius 3 is 2.96 bits per heavy atom. The van der Waals surface area contributed by atoms with Gasteiger partial charge in [-0.05, 0) is 19.1 Å². The molecular weight excluding hydrogens is 376 g/mol. The molecule has 0 unspecified atom stereocenters. The Labute approximate surface area is 166 Å². The highest BCUT2D eigenvalue weighted by molar-refractivity contribution is 7.19. The van der Waals surface area contributed by atoms with Crippen LogP contribution in [0.2, 0.25) is 0 Å². The molecule has 0 aromatic carbocycles. The number of fused-ring (bicyclic) bond motifs is 1. The average Bonchev–Trinajstić information content (AvgIpc) is 3.31. The Kier molecular flexibility index (Phi) is 5.69. The Bertz CT molecular complexity index is 1050. The number of allylic oxidation sites excluding steroid dienone is 1. The first-order valence-corrected chi connectivity index (χ1v) is 9.38. The fraction of sp³-hybridized carbons (Fsp3) is 0.278. The Hall–Kier alpha value is -3.27. The molecule has 0 radical (unpaired) electrons. The van der Waals surface area contributed by atoms with Gasteiger partial charge in [-0.15, -0.1) is 11.3 Å². The first kappa shape index (κ1) is 19.5. The third-order valence-electron chi connectivity index (χ3n) is 4.05. The van der Waals surface area contributed by atoms with Crippen molar-refractivity contribution in [3.05, 3.63) is 46.0 Å². The van der Waals surface area contributed by atoms with Crippen molar-refractivity contribution < 1.29 is 4.79 Å². The van der Waals surface area contributed by atoms with Crippen LogP contribution < -0.4 is 5.73 Å². The second kappa shape index (κ2) is 8.17. The van der Waals surface area contributed by atoms with Crippen LogP contribution in [0.1, 0.15) is 33.7 Å². The molecule has 0 aliphatic rings. The second-order valence-corrected chi connectivity index (χ2v) is 7.55. The standard InChI is InChI=1S/C18H22N8OS/c1-11(19)6-12(20)9-25(2)22-8-14-15(10-27)26(3)18-17(14)28-16(23-18)7-13-4-5-21-24-13/h4-6,8,10,20H,7,9,19H2,1-3H3,(H,21,24)/b11-6-,20-12?,22-8-. The lowest BCUT2D eigenvalue weighted by Crippen LogP contribution is -2.20. The number of aromatic nitrogens is 4. The minimum absolute atomic E-state index is 0.311. The van der Waals surface area contributed by atoms with E-state index in [1.807, 2.05) is 13.1 Å². The van der Waals surface area contributed by atoms with E-state index in [1.165, 1.54) is 11.3 Å². The largest absolute Gasteiger partial charge is 0.402 e. The normalized spacial score (nSPS) is 12.2. The van der Waals surface area contributed by atoms with Crippen LogP contribution in [-0.4, -0.2) is 56.6 Å². The number of hydrogen-bond acceptors (Lipinski definition) is 8. The Balaban J connectivity index is 1.88. The molecule has 0 aliphatic heterocycles. The minimum Gasteiger partial charge on any atom is -0.402 e. The molecular formula is C18H22N8OS. The molecule has 0 amide bonds. The molecule has 0 bridgehead atoms. The van der Waals surface area contributed by atoms with E-state index < -0.39 is 0 Å². The van der Waals surface area contributed by atoms with Gasteiger partial charge in [-0.3, -0.25) is 14.9 Å². The van der Waals surface area contributed by atoms with Gasteiger partial charge in [0.25, 0.3) is 0 Å². The first-order valence-electron chi connectivity index (χ1n) is 8.57. The summed E-state index contributed by atoms with van der Waals surface area (Å²) in [7, 11) is 3.58. The Morgan fingerprint density at radius 2 is 2.32 bits per heavy atom. The van der Waals surface area contributed by atoms with E-state index in [4.69, 9.17) is 11.1 Å². The molecule has 10 heteroatoms. The van der Waals surface area contributed by atoms with E-state index >= 15 is 0 Å². The van der Waals surface area contributed by atoms with Gasteiger partial charge in [0.1, 0.15) is 5.01 Å². The lowest BCUT2D eigenvalue weighted by Gasteiger charge is -2.11. The van der Waals surface area contributed by atoms with Crippen molar-refractivity contribution in [2.24, 2.45) is 17.9 Å². The fourth-order valence-corrected chi connectivity index (χ4v) is 3.96. The maximum atomic E-state index is 11.6. The number of aldehydes is 1. The van der Waals surface area contributed by atoms with Crippen molar-refractivity contribution >= 4 is 39.9 Å². The number of carbonyl (C=O) groups is 1. The van der Waals surface area contributed by atoms with Crippen LogP contribution in [0.3, 0.4) is 0 Å². The smallest absolute Gasteiger partial charge is 0.167 e. The van der Waals surface area contributed by atoms with Crippen molar-refractivity contribution in [3.8, 4) is 0 Å². The highest BCUT2D eigenvalue weighted by Crippen LogP contribution is 2.30. The van der Waals surface area contributed by atoms with Crippen molar-refractivity contribution in [2.75, 3.05) is 13.6 Å². The number of thiazole rings is 1. The van der Waals surface area contributed by atoms with E-state index in [0.29, 0.717) is 30.1 Å². The number of nitrogens with two attached hydrogens (primary N) is 1. The molecule has 28 heavy (non-hydrogen) atoms. The maximum absolute atomic E-state index is 11.6. The van der Waals surface area contributed by atoms with Crippen LogP contribution in [0.5, 0.6) is 0 Å². The molecule has 9 nitrogen and oxygen atoms in total. The van der Waals surface area contributed by atoms with Gasteiger partial charge in [0.2, 0.25) is 0 Å². The molecule has 0 spiro atoms. The summed E-state index contributed by atoms with van der Waals surface area (Å²) in [5, 5.41) is 21.7. The summed E-state index contributed by atoms with van der Waals surface area (Å²) in [5.41, 5.74) is 9.50. The molecule has 0 saturated carbocycles. The highest BCUT2D eigenvalue weighted by atomic mass is 32.1. The van der Waals surface area contributed by atoms with Gasteiger partial charge in [-0.2, -0.15) is 10.2 Å². The van der Waals surface area contributed by atoms with Gasteiger partial charge in [0, 0.05) is 43.7 Å². The molecule has 3 rings (SSSR count). The zero-order valence-corrected chi connectivity index (χ0v) is 16.7. The zero-order chi connectivity index (χ0) is 20.3. The summed E-state index contributed by atoms with van der Waals surface area (Å²) < 4.78 is 2.68. The van der Waals surface area contributed by atoms with Crippen LogP contribution in [0.25, 0.3) is 10.3 Å². The second-order valence-electron chi connectivity index (χ2n) is 6.47. The van der Waals surface area contributed by atoms with Gasteiger partial charge in [-0.1, -0.05) is 0 Å². The number of aryl methyl sites for hydroxylation is 1. The predicted octanol–water partition coefficient (Wildman–Crippen LogP) is 1.91. The van der Waals surface area contributed by atoms with E-state index in [0.717, 1.165) is 32.9 Å². The molecule has 0 aliphatic carbocycles. The van der Waals surface area contributed by atoms with Gasteiger partial charge in [-0.25, -0.2) is 4.98 Å². The van der Waals surface area contributed by atoms with Gasteiger partial charge < -0.3 is 15.7 Å². The summed E-state index contributed by atoms with van der Waals surface area (Å²) in [5.74, 6) is 0. The minimum atomic E-state index is 0.311. The van der Waals surface area contributed by atoms with Crippen LogP contribution in [0.15, 0.2) is 29.1 Å². The van der Waals surface area contributed by atoms with Crippen LogP contribution in [0, 0.1) is 5.41 Å². The summed E-state index contributed by atoms with van der Waals surface area (Å²) in [6, 6.07) is 1.91. The van der Waals surface area contributed by atoms with Crippen LogP contribution in [-0.2, 0) is 13.5 Å². The number of carbonyl (C=O) groups excluding carboxylic acids is 1. The van der Waals surface area contributed by atoms with Gasteiger partial charge >= 0.3 is 0 Å². The molecule has 3 aromatic rings. The number of hydrogen-bond donors (Lipinski definition) is 3. The molecule has 3 heterocycles. The number of rotatable bonds is 8. The summed E-state index contributed by atoms with van der Waals surface area (Å²) >= 11 is 1.53. The number of nitrogens with zero attached hydrogens (tertiary/aromatic N) is 5. The topological polar surface area (TPSA) is 129 Å². The molecule has 146 valence electrons. The summed E-state index contributed by atoms with van der Waals surface area (Å²) in [6.07, 6.45) is 6.41. The van der Waals surface area contributed by atoms with Gasteiger partial charge in [0.05, 0.1) is 28.9 Å². The third kappa shape index (κ3) is 4.17. The molecule has 4 N–H and O–H groups in total. The maximum Gasteiger partial charge on any atom is 0.167 e. The number of H-pyrrole nitrogens is 1. The van der Waals surface area contributed by atoms with Crippen molar-refractivity contribution in [1.82, 2.24) is 24.8 Å². The number of nitrogens with one attached hydrogen (secondary N) is 2. The van der Waals surface area contributed by atoms with Gasteiger partial charge in [0.15, 0.2) is 11.9 Å². The van der Waals surface area contributed by atoms with Crippen LogP contribution >= 0.6 is 11.3 Å². The number of hydrazone groups is 1. The van der Waals surface area contributed by atoms with E-state index in [2.05, 4.69) is 20.3 Å². The molecule has 0 fully saturated rings. The molecule has 3 aromatic heterocycles. The fourth-order valence-electron chi connectivity index (χ4n) is 2.82. The van der Waals surface area contributed by atoms with Crippen LogP contribution in [0.4, 0.5) is 0 Å². The van der Waals surface area contributed by atoms with E-state index in [-0.39, 0.29) is 0 Å². The van der Waals surface area contributed by atoms with Crippen molar-refractivity contribution in [2.45, 2.75) is 13.3 Å². The highest BCUT2D eigenvalue weighted by Gasteiger charge is 2.18. The zero-order valence-electron chi connectivity index (χ0n) is 15.9. The monoisotopic (exact) mass is 398 g/mol. The van der Waals surface area contributed by atoms with E-state index in [9.17, 15) is 4.79 Å². The summed E-state index contributed by atoms with van der Waals surface area (Å²) in [6.45, 7) is 2.05. The van der Waals surface area contributed by atoms with Crippen molar-refractivity contribution in [3.63, 3.8) is 0 Å². The third-order valence-corrected chi connectivity index (χ3v) is 5.13. The SMILES string of the molecule is C/C(N)=C/C(=N)CN(C)/N=C\c1c(C=O)n(C)c2nc(Cc3ccn[nH]3)sc12. The lowest BCUT2D eigenvalue weighted by atomic mass is 10.3. The first-order chi connectivity index (χ1) is 13.4. The molecule has 0 atom stereocenters. The van der Waals surface area contributed by atoms with E-state index in [1.54, 1.807) is 42.0 Å². The quantitative estimate of drug-likeness (QED) is 0.303. The van der Waals surface area contributed by atoms with Crippen molar-refractivity contribution in [1.29, 1.82) is 5.41 Å². The number of aromatic amines is 1.